The average Bonchev–Trinajstić information content (AvgIpc) is 2.42. The third-order valence-corrected chi connectivity index (χ3v) is 3.60. The van der Waals surface area contributed by atoms with Crippen LogP contribution in [0.1, 0.15) is 11.1 Å². The van der Waals surface area contributed by atoms with E-state index in [1.165, 1.54) is 0 Å². The van der Waals surface area contributed by atoms with Crippen LogP contribution in [0.4, 0.5) is 0 Å². The second kappa shape index (κ2) is 6.96. The van der Waals surface area contributed by atoms with E-state index in [1.807, 2.05) is 32.0 Å². The number of esters is 1. The van der Waals surface area contributed by atoms with E-state index in [1.54, 1.807) is 18.2 Å². The Morgan fingerprint density at radius 3 is 2.62 bits per heavy atom. The molecule has 0 heterocycles. The lowest BCUT2D eigenvalue weighted by Crippen LogP contribution is -2.18. The van der Waals surface area contributed by atoms with Gasteiger partial charge in [-0.05, 0) is 49.2 Å². The molecule has 2 rings (SSSR count). The largest absolute Gasteiger partial charge is 0.480 e. The van der Waals surface area contributed by atoms with Crippen molar-refractivity contribution in [2.75, 3.05) is 6.61 Å². The van der Waals surface area contributed by atoms with Gasteiger partial charge in [0.15, 0.2) is 6.61 Å². The zero-order chi connectivity index (χ0) is 15.4. The van der Waals surface area contributed by atoms with E-state index in [0.29, 0.717) is 16.5 Å². The van der Waals surface area contributed by atoms with Crippen molar-refractivity contribution < 1.29 is 14.3 Å². The first kappa shape index (κ1) is 15.9. The first-order valence-corrected chi connectivity index (χ1v) is 7.48. The number of hydrogen-bond donors (Lipinski definition) is 0. The Morgan fingerprint density at radius 2 is 1.90 bits per heavy atom. The molecule has 0 saturated heterocycles. The minimum Gasteiger partial charge on any atom is -0.480 e. The molecule has 0 atom stereocenters. The average molecular weight is 370 g/mol. The van der Waals surface area contributed by atoms with Gasteiger partial charge in [0.05, 0.1) is 5.02 Å². The minimum atomic E-state index is -0.470. The number of rotatable bonds is 4. The lowest BCUT2D eigenvalue weighted by atomic mass is 10.1. The second-order valence-corrected chi connectivity index (χ2v) is 5.93. The maximum Gasteiger partial charge on any atom is 0.349 e. The van der Waals surface area contributed by atoms with Crippen LogP contribution in [0, 0.1) is 13.8 Å². The monoisotopic (exact) mass is 368 g/mol. The quantitative estimate of drug-likeness (QED) is 0.578. The van der Waals surface area contributed by atoms with Crippen molar-refractivity contribution >= 4 is 33.5 Å². The van der Waals surface area contributed by atoms with E-state index < -0.39 is 5.97 Å². The van der Waals surface area contributed by atoms with Crippen molar-refractivity contribution in [3.05, 3.63) is 57.0 Å². The van der Waals surface area contributed by atoms with E-state index >= 15 is 0 Å². The first-order valence-electron chi connectivity index (χ1n) is 6.31. The Hall–Kier alpha value is -1.52. The molecule has 21 heavy (non-hydrogen) atoms. The van der Waals surface area contributed by atoms with E-state index in [-0.39, 0.29) is 6.61 Å². The molecule has 0 amide bonds. The maximum atomic E-state index is 11.8. The van der Waals surface area contributed by atoms with E-state index in [0.717, 1.165) is 15.6 Å². The molecule has 2 aromatic rings. The van der Waals surface area contributed by atoms with Crippen LogP contribution in [-0.4, -0.2) is 12.6 Å². The number of carbonyl (C=O) groups excluding carboxylic acids is 1. The van der Waals surface area contributed by atoms with E-state index in [9.17, 15) is 4.79 Å². The Bertz CT molecular complexity index is 671. The van der Waals surface area contributed by atoms with Crippen LogP contribution >= 0.6 is 27.5 Å². The molecule has 0 aliphatic heterocycles. The molecule has 5 heteroatoms. The van der Waals surface area contributed by atoms with Gasteiger partial charge >= 0.3 is 5.97 Å². The van der Waals surface area contributed by atoms with E-state index in [2.05, 4.69) is 15.9 Å². The summed E-state index contributed by atoms with van der Waals surface area (Å²) < 4.78 is 11.5. The van der Waals surface area contributed by atoms with Crippen LogP contribution < -0.4 is 9.47 Å². The molecular weight excluding hydrogens is 356 g/mol. The number of ether oxygens (including phenoxy) is 2. The molecule has 0 aromatic heterocycles. The fourth-order valence-corrected chi connectivity index (χ4v) is 2.43. The normalized spacial score (nSPS) is 10.3. The van der Waals surface area contributed by atoms with Crippen molar-refractivity contribution in [2.24, 2.45) is 0 Å². The number of hydrogen-bond acceptors (Lipinski definition) is 3. The van der Waals surface area contributed by atoms with Gasteiger partial charge in [0, 0.05) is 4.47 Å². The number of carbonyl (C=O) groups is 1. The highest BCUT2D eigenvalue weighted by Crippen LogP contribution is 2.27. The zero-order valence-electron chi connectivity index (χ0n) is 11.7. The third-order valence-electron chi connectivity index (χ3n) is 2.81. The molecule has 0 fully saturated rings. The standard InChI is InChI=1S/C16H14BrClO3/c1-10-3-4-11(2)15(7-10)21-16(19)9-20-14-6-5-12(17)8-13(14)18/h3-8H,9H2,1-2H3. The summed E-state index contributed by atoms with van der Waals surface area (Å²) in [6.07, 6.45) is 0. The van der Waals surface area contributed by atoms with Crippen LogP contribution in [0.15, 0.2) is 40.9 Å². The second-order valence-electron chi connectivity index (χ2n) is 4.61. The zero-order valence-corrected chi connectivity index (χ0v) is 14.0. The molecule has 110 valence electrons. The van der Waals surface area contributed by atoms with Crippen LogP contribution in [-0.2, 0) is 4.79 Å². The molecule has 2 aromatic carbocycles. The van der Waals surface area contributed by atoms with Gasteiger partial charge in [-0.15, -0.1) is 0 Å². The van der Waals surface area contributed by atoms with E-state index in [4.69, 9.17) is 21.1 Å². The van der Waals surface area contributed by atoms with Crippen molar-refractivity contribution in [3.8, 4) is 11.5 Å². The van der Waals surface area contributed by atoms with Gasteiger partial charge in [0.2, 0.25) is 0 Å². The molecule has 0 saturated carbocycles. The molecule has 0 radical (unpaired) electrons. The summed E-state index contributed by atoms with van der Waals surface area (Å²) in [6.45, 7) is 3.62. The summed E-state index contributed by atoms with van der Waals surface area (Å²) in [5.74, 6) is 0.519. The van der Waals surface area contributed by atoms with Crippen LogP contribution in [0.3, 0.4) is 0 Å². The van der Waals surface area contributed by atoms with Crippen molar-refractivity contribution in [1.29, 1.82) is 0 Å². The first-order chi connectivity index (χ1) is 9.95. The van der Waals surface area contributed by atoms with Gasteiger partial charge in [0.1, 0.15) is 11.5 Å². The molecule has 0 aliphatic carbocycles. The lowest BCUT2D eigenvalue weighted by Gasteiger charge is -2.10. The summed E-state index contributed by atoms with van der Waals surface area (Å²) in [4.78, 5) is 11.8. The van der Waals surface area contributed by atoms with Crippen LogP contribution in [0.2, 0.25) is 5.02 Å². The number of halogens is 2. The summed E-state index contributed by atoms with van der Waals surface area (Å²) in [5, 5.41) is 0.434. The third kappa shape index (κ3) is 4.48. The molecule has 0 bridgehead atoms. The summed E-state index contributed by atoms with van der Waals surface area (Å²) >= 11 is 9.32. The maximum absolute atomic E-state index is 11.8. The van der Waals surface area contributed by atoms with Crippen molar-refractivity contribution in [2.45, 2.75) is 13.8 Å². The van der Waals surface area contributed by atoms with Gasteiger partial charge in [-0.1, -0.05) is 39.7 Å². The Balaban J connectivity index is 1.97. The smallest absolute Gasteiger partial charge is 0.349 e. The highest BCUT2D eigenvalue weighted by Gasteiger charge is 2.10. The summed E-state index contributed by atoms with van der Waals surface area (Å²) in [6, 6.07) is 10.9. The fraction of sp³-hybridized carbons (Fsp3) is 0.188. The van der Waals surface area contributed by atoms with Crippen LogP contribution in [0.25, 0.3) is 0 Å². The molecular formula is C16H14BrClO3. The summed E-state index contributed by atoms with van der Waals surface area (Å²) in [7, 11) is 0. The molecule has 0 aliphatic rings. The molecule has 0 N–H and O–H groups in total. The van der Waals surface area contributed by atoms with Gasteiger partial charge in [-0.3, -0.25) is 0 Å². The summed E-state index contributed by atoms with van der Waals surface area (Å²) in [5.41, 5.74) is 1.93. The fourth-order valence-electron chi connectivity index (χ4n) is 1.70. The minimum absolute atomic E-state index is 0.200. The highest BCUT2D eigenvalue weighted by molar-refractivity contribution is 9.10. The van der Waals surface area contributed by atoms with Gasteiger partial charge in [-0.25, -0.2) is 4.79 Å². The van der Waals surface area contributed by atoms with Gasteiger partial charge in [-0.2, -0.15) is 0 Å². The Labute approximate surface area is 137 Å². The van der Waals surface area contributed by atoms with Gasteiger partial charge < -0.3 is 9.47 Å². The topological polar surface area (TPSA) is 35.5 Å². The van der Waals surface area contributed by atoms with Crippen LogP contribution in [0.5, 0.6) is 11.5 Å². The molecule has 3 nitrogen and oxygen atoms in total. The number of aryl methyl sites for hydroxylation is 2. The Morgan fingerprint density at radius 1 is 1.14 bits per heavy atom. The predicted molar refractivity (Wildman–Crippen MR) is 86.2 cm³/mol. The van der Waals surface area contributed by atoms with Crippen molar-refractivity contribution in [3.63, 3.8) is 0 Å². The van der Waals surface area contributed by atoms with Gasteiger partial charge in [0.25, 0.3) is 0 Å². The highest BCUT2D eigenvalue weighted by atomic mass is 79.9. The Kier molecular flexibility index (Phi) is 5.26. The molecule has 0 unspecified atom stereocenters. The van der Waals surface area contributed by atoms with Crippen molar-refractivity contribution in [1.82, 2.24) is 0 Å². The molecule has 0 spiro atoms. The lowest BCUT2D eigenvalue weighted by molar-refractivity contribution is -0.136. The SMILES string of the molecule is Cc1ccc(C)c(OC(=O)COc2ccc(Br)cc2Cl)c1. The predicted octanol–water partition coefficient (Wildman–Crippen LogP) is 4.70. The number of benzene rings is 2.